The maximum atomic E-state index is 12.1. The summed E-state index contributed by atoms with van der Waals surface area (Å²) in [5.41, 5.74) is 1.89. The molecule has 5 heteroatoms. The van der Waals surface area contributed by atoms with Crippen LogP contribution in [0, 0.1) is 5.41 Å². The van der Waals surface area contributed by atoms with E-state index in [1.54, 1.807) is 0 Å². The van der Waals surface area contributed by atoms with E-state index in [0.29, 0.717) is 6.42 Å². The molecule has 0 unspecified atom stereocenters. The Balaban J connectivity index is 1.88. The van der Waals surface area contributed by atoms with Crippen LogP contribution in [0.15, 0.2) is 24.3 Å². The molecular weight excluding hydrogens is 268 g/mol. The van der Waals surface area contributed by atoms with Gasteiger partial charge in [0.15, 0.2) is 0 Å². The van der Waals surface area contributed by atoms with Crippen molar-refractivity contribution in [3.8, 4) is 0 Å². The number of likely N-dealkylation sites (tertiary alicyclic amines) is 1. The maximum Gasteiger partial charge on any atom is 0.321 e. The zero-order valence-corrected chi connectivity index (χ0v) is 12.6. The van der Waals surface area contributed by atoms with Gasteiger partial charge in [-0.05, 0) is 36.0 Å². The molecule has 1 fully saturated rings. The van der Waals surface area contributed by atoms with Crippen molar-refractivity contribution in [2.75, 3.05) is 18.4 Å². The lowest BCUT2D eigenvalue weighted by atomic mass is 9.93. The lowest BCUT2D eigenvalue weighted by molar-refractivity contribution is -0.136. The molecule has 0 atom stereocenters. The summed E-state index contributed by atoms with van der Waals surface area (Å²) in [4.78, 5) is 24.5. The minimum absolute atomic E-state index is 0.0705. The van der Waals surface area contributed by atoms with Crippen LogP contribution in [-0.2, 0) is 11.2 Å². The van der Waals surface area contributed by atoms with E-state index in [2.05, 4.69) is 19.2 Å². The Labute approximate surface area is 125 Å². The number of nitrogens with one attached hydrogen (secondary N) is 1. The second-order valence-corrected chi connectivity index (χ2v) is 6.36. The summed E-state index contributed by atoms with van der Waals surface area (Å²) in [5.74, 6) is -0.802. The van der Waals surface area contributed by atoms with Gasteiger partial charge in [-0.15, -0.1) is 0 Å². The summed E-state index contributed by atoms with van der Waals surface area (Å²) in [6.07, 6.45) is 1.65. The topological polar surface area (TPSA) is 69.6 Å². The van der Waals surface area contributed by atoms with Gasteiger partial charge in [0.25, 0.3) is 0 Å². The van der Waals surface area contributed by atoms with E-state index in [-0.39, 0.29) is 17.9 Å². The minimum atomic E-state index is -0.802. The predicted octanol–water partition coefficient (Wildman–Crippen LogP) is 2.97. The van der Waals surface area contributed by atoms with Crippen molar-refractivity contribution in [3.05, 3.63) is 29.8 Å². The van der Waals surface area contributed by atoms with Gasteiger partial charge >= 0.3 is 12.0 Å². The Hall–Kier alpha value is -2.04. The fourth-order valence-electron chi connectivity index (χ4n) is 2.49. The third-order valence-electron chi connectivity index (χ3n) is 3.80. The molecule has 1 aliphatic rings. The molecule has 0 spiro atoms. The number of benzene rings is 1. The zero-order chi connectivity index (χ0) is 15.5. The molecule has 0 aromatic heterocycles. The molecule has 0 bridgehead atoms. The minimum Gasteiger partial charge on any atom is -0.481 e. The van der Waals surface area contributed by atoms with Crippen LogP contribution in [0.25, 0.3) is 0 Å². The second kappa shape index (κ2) is 6.16. The van der Waals surface area contributed by atoms with Gasteiger partial charge in [-0.2, -0.15) is 0 Å². The molecule has 2 N–H and O–H groups in total. The molecule has 1 aromatic carbocycles. The maximum absolute atomic E-state index is 12.1. The van der Waals surface area contributed by atoms with Gasteiger partial charge in [0.1, 0.15) is 0 Å². The fraction of sp³-hybridized carbons (Fsp3) is 0.500. The Morgan fingerprint density at radius 3 is 2.48 bits per heavy atom. The lowest BCUT2D eigenvalue weighted by Crippen LogP contribution is -2.34. The standard InChI is InChI=1S/C16H22N2O3/c1-16(2)9-10-18(11-16)15(21)17-13-6-3-12(4-7-13)5-8-14(19)20/h3-4,6-7H,5,8-11H2,1-2H3,(H,17,21)(H,19,20). The molecule has 1 saturated heterocycles. The van der Waals surface area contributed by atoms with Gasteiger partial charge in [-0.3, -0.25) is 4.79 Å². The van der Waals surface area contributed by atoms with E-state index >= 15 is 0 Å². The third-order valence-corrected chi connectivity index (χ3v) is 3.80. The molecular formula is C16H22N2O3. The Kier molecular flexibility index (Phi) is 4.50. The lowest BCUT2D eigenvalue weighted by Gasteiger charge is -2.20. The van der Waals surface area contributed by atoms with Crippen LogP contribution in [0.2, 0.25) is 0 Å². The summed E-state index contributed by atoms with van der Waals surface area (Å²) >= 11 is 0. The summed E-state index contributed by atoms with van der Waals surface area (Å²) < 4.78 is 0. The Morgan fingerprint density at radius 2 is 1.95 bits per heavy atom. The van der Waals surface area contributed by atoms with Gasteiger partial charge in [-0.25, -0.2) is 4.79 Å². The average Bonchev–Trinajstić information content (AvgIpc) is 2.78. The zero-order valence-electron chi connectivity index (χ0n) is 12.6. The quantitative estimate of drug-likeness (QED) is 0.895. The molecule has 1 heterocycles. The molecule has 0 aliphatic carbocycles. The molecule has 114 valence electrons. The number of rotatable bonds is 4. The largest absolute Gasteiger partial charge is 0.481 e. The molecule has 1 aliphatic heterocycles. The van der Waals surface area contributed by atoms with Crippen LogP contribution in [0.5, 0.6) is 0 Å². The number of amides is 2. The highest BCUT2D eigenvalue weighted by Gasteiger charge is 2.31. The van der Waals surface area contributed by atoms with E-state index < -0.39 is 5.97 Å². The van der Waals surface area contributed by atoms with Crippen molar-refractivity contribution in [2.24, 2.45) is 5.41 Å². The first-order valence-corrected chi connectivity index (χ1v) is 7.22. The monoisotopic (exact) mass is 290 g/mol. The first-order chi connectivity index (χ1) is 9.85. The number of carbonyl (C=O) groups is 2. The summed E-state index contributed by atoms with van der Waals surface area (Å²) in [6, 6.07) is 7.27. The number of hydrogen-bond donors (Lipinski definition) is 2. The van der Waals surface area contributed by atoms with E-state index in [1.165, 1.54) is 0 Å². The van der Waals surface area contributed by atoms with Crippen molar-refractivity contribution in [1.82, 2.24) is 4.90 Å². The molecule has 0 saturated carbocycles. The average molecular weight is 290 g/mol. The Morgan fingerprint density at radius 1 is 1.29 bits per heavy atom. The first-order valence-electron chi connectivity index (χ1n) is 7.22. The van der Waals surface area contributed by atoms with E-state index in [9.17, 15) is 9.59 Å². The normalized spacial score (nSPS) is 16.8. The van der Waals surface area contributed by atoms with Crippen LogP contribution in [0.1, 0.15) is 32.3 Å². The third kappa shape index (κ3) is 4.48. The van der Waals surface area contributed by atoms with Gasteiger partial charge in [0.2, 0.25) is 0 Å². The van der Waals surface area contributed by atoms with Crippen molar-refractivity contribution in [2.45, 2.75) is 33.1 Å². The molecule has 2 amide bonds. The molecule has 21 heavy (non-hydrogen) atoms. The Bertz CT molecular complexity index is 523. The molecule has 0 radical (unpaired) electrons. The van der Waals surface area contributed by atoms with Crippen molar-refractivity contribution in [3.63, 3.8) is 0 Å². The number of anilines is 1. The first kappa shape index (κ1) is 15.4. The number of aryl methyl sites for hydroxylation is 1. The molecule has 5 nitrogen and oxygen atoms in total. The van der Waals surface area contributed by atoms with Crippen molar-refractivity contribution >= 4 is 17.7 Å². The number of carbonyl (C=O) groups excluding carboxylic acids is 1. The number of aliphatic carboxylic acids is 1. The SMILES string of the molecule is CC1(C)CCN(C(=O)Nc2ccc(CCC(=O)O)cc2)C1. The molecule has 2 rings (SSSR count). The van der Waals surface area contributed by atoms with E-state index in [1.807, 2.05) is 29.2 Å². The number of carboxylic acids is 1. The van der Waals surface area contributed by atoms with Gasteiger partial charge < -0.3 is 15.3 Å². The summed E-state index contributed by atoms with van der Waals surface area (Å²) in [6.45, 7) is 5.89. The molecule has 1 aromatic rings. The number of nitrogens with zero attached hydrogens (tertiary/aromatic N) is 1. The van der Waals surface area contributed by atoms with Crippen molar-refractivity contribution < 1.29 is 14.7 Å². The number of urea groups is 1. The van der Waals surface area contributed by atoms with Gasteiger partial charge in [0.05, 0.1) is 0 Å². The predicted molar refractivity (Wildman–Crippen MR) is 81.4 cm³/mol. The number of carboxylic acid groups (broad SMARTS) is 1. The fourth-order valence-corrected chi connectivity index (χ4v) is 2.49. The smallest absolute Gasteiger partial charge is 0.321 e. The summed E-state index contributed by atoms with van der Waals surface area (Å²) in [7, 11) is 0. The van der Waals surface area contributed by atoms with Crippen LogP contribution in [0.4, 0.5) is 10.5 Å². The van der Waals surface area contributed by atoms with Gasteiger partial charge in [0, 0.05) is 25.2 Å². The highest BCUT2D eigenvalue weighted by molar-refractivity contribution is 5.89. The summed E-state index contributed by atoms with van der Waals surface area (Å²) in [5, 5.41) is 11.5. The van der Waals surface area contributed by atoms with Crippen LogP contribution in [-0.4, -0.2) is 35.1 Å². The van der Waals surface area contributed by atoms with E-state index in [0.717, 1.165) is 30.8 Å². The van der Waals surface area contributed by atoms with Gasteiger partial charge in [-0.1, -0.05) is 26.0 Å². The van der Waals surface area contributed by atoms with E-state index in [4.69, 9.17) is 5.11 Å². The van der Waals surface area contributed by atoms with Crippen LogP contribution < -0.4 is 5.32 Å². The van der Waals surface area contributed by atoms with Crippen LogP contribution in [0.3, 0.4) is 0 Å². The van der Waals surface area contributed by atoms with Crippen molar-refractivity contribution in [1.29, 1.82) is 0 Å². The second-order valence-electron chi connectivity index (χ2n) is 6.36. The highest BCUT2D eigenvalue weighted by Crippen LogP contribution is 2.29. The van der Waals surface area contributed by atoms with Crippen LogP contribution >= 0.6 is 0 Å². The number of hydrogen-bond acceptors (Lipinski definition) is 2. The highest BCUT2D eigenvalue weighted by atomic mass is 16.4.